The van der Waals surface area contributed by atoms with Crippen LogP contribution in [0.4, 0.5) is 0 Å². The molecular weight excluding hydrogens is 306 g/mol. The molecule has 0 N–H and O–H groups in total. The van der Waals surface area contributed by atoms with E-state index in [9.17, 15) is 0 Å². The van der Waals surface area contributed by atoms with Gasteiger partial charge in [-0.15, -0.1) is 10.2 Å². The monoisotopic (exact) mass is 321 g/mol. The van der Waals surface area contributed by atoms with Crippen molar-refractivity contribution < 1.29 is 4.74 Å². The Bertz CT molecular complexity index is 594. The van der Waals surface area contributed by atoms with Crippen LogP contribution in [0.5, 0.6) is 5.75 Å². The van der Waals surface area contributed by atoms with Crippen LogP contribution in [0, 0.1) is 6.92 Å². The lowest BCUT2D eigenvalue weighted by Crippen LogP contribution is -2.14. The van der Waals surface area contributed by atoms with Gasteiger partial charge >= 0.3 is 0 Å². The fourth-order valence-electron chi connectivity index (χ4n) is 2.33. The lowest BCUT2D eigenvalue weighted by atomic mass is 10.2. The standard InChI is InChI=1S/C14H16BrN3O/c1-10-8-11(5-6-12(10)15)19-9-14-17-16-13-4-2-3-7-18(13)14/h5-6,8H,2-4,7,9H2,1H3. The summed E-state index contributed by atoms with van der Waals surface area (Å²) in [4.78, 5) is 0. The lowest BCUT2D eigenvalue weighted by molar-refractivity contribution is 0.286. The van der Waals surface area contributed by atoms with E-state index in [4.69, 9.17) is 4.74 Å². The van der Waals surface area contributed by atoms with Crippen LogP contribution in [0.15, 0.2) is 22.7 Å². The van der Waals surface area contributed by atoms with Gasteiger partial charge in [0.25, 0.3) is 0 Å². The highest BCUT2D eigenvalue weighted by Crippen LogP contribution is 2.22. The van der Waals surface area contributed by atoms with Crippen molar-refractivity contribution in [2.24, 2.45) is 0 Å². The van der Waals surface area contributed by atoms with Crippen molar-refractivity contribution in [2.45, 2.75) is 39.3 Å². The van der Waals surface area contributed by atoms with Crippen LogP contribution in [0.3, 0.4) is 0 Å². The summed E-state index contributed by atoms with van der Waals surface area (Å²) in [5.41, 5.74) is 1.17. The molecule has 19 heavy (non-hydrogen) atoms. The molecule has 1 aromatic heterocycles. The summed E-state index contributed by atoms with van der Waals surface area (Å²) in [5.74, 6) is 2.89. The molecule has 0 spiro atoms. The second kappa shape index (κ2) is 5.33. The molecular formula is C14H16BrN3O. The highest BCUT2D eigenvalue weighted by Gasteiger charge is 2.15. The molecule has 0 saturated carbocycles. The molecule has 0 bridgehead atoms. The summed E-state index contributed by atoms with van der Waals surface area (Å²) in [6, 6.07) is 5.99. The number of nitrogens with zero attached hydrogens (tertiary/aromatic N) is 3. The van der Waals surface area contributed by atoms with Crippen LogP contribution in [0.1, 0.15) is 30.1 Å². The van der Waals surface area contributed by atoms with E-state index in [1.807, 2.05) is 18.2 Å². The van der Waals surface area contributed by atoms with Gasteiger partial charge in [0, 0.05) is 17.4 Å². The topological polar surface area (TPSA) is 39.9 Å². The van der Waals surface area contributed by atoms with Crippen molar-refractivity contribution in [3.05, 3.63) is 39.9 Å². The molecule has 0 fully saturated rings. The quantitative estimate of drug-likeness (QED) is 0.871. The minimum absolute atomic E-state index is 0.480. The van der Waals surface area contributed by atoms with Gasteiger partial charge in [-0.3, -0.25) is 0 Å². The maximum absolute atomic E-state index is 5.81. The zero-order valence-corrected chi connectivity index (χ0v) is 12.5. The number of aryl methyl sites for hydroxylation is 2. The molecule has 1 aliphatic heterocycles. The Labute approximate surface area is 120 Å². The first-order chi connectivity index (χ1) is 9.24. The van der Waals surface area contributed by atoms with Crippen molar-refractivity contribution in [1.82, 2.24) is 14.8 Å². The van der Waals surface area contributed by atoms with Crippen LogP contribution in [-0.2, 0) is 19.6 Å². The summed E-state index contributed by atoms with van der Waals surface area (Å²) in [6.45, 7) is 3.55. The third-order valence-electron chi connectivity index (χ3n) is 3.43. The van der Waals surface area contributed by atoms with Crippen LogP contribution in [0.25, 0.3) is 0 Å². The fourth-order valence-corrected chi connectivity index (χ4v) is 2.58. The highest BCUT2D eigenvalue weighted by atomic mass is 79.9. The molecule has 0 unspecified atom stereocenters. The zero-order valence-electron chi connectivity index (χ0n) is 10.9. The van der Waals surface area contributed by atoms with Gasteiger partial charge in [-0.25, -0.2) is 0 Å². The molecule has 0 saturated heterocycles. The molecule has 1 aliphatic rings. The van der Waals surface area contributed by atoms with Crippen LogP contribution in [-0.4, -0.2) is 14.8 Å². The third-order valence-corrected chi connectivity index (χ3v) is 4.32. The molecule has 0 radical (unpaired) electrons. The Morgan fingerprint density at radius 2 is 2.21 bits per heavy atom. The van der Waals surface area contributed by atoms with E-state index in [2.05, 4.69) is 37.6 Å². The second-order valence-electron chi connectivity index (χ2n) is 4.84. The average molecular weight is 322 g/mol. The van der Waals surface area contributed by atoms with Gasteiger partial charge in [0.1, 0.15) is 18.2 Å². The molecule has 4 nitrogen and oxygen atoms in total. The molecule has 3 rings (SSSR count). The van der Waals surface area contributed by atoms with Crippen LogP contribution < -0.4 is 4.74 Å². The number of benzene rings is 1. The predicted octanol–water partition coefficient (Wildman–Crippen LogP) is 3.26. The highest BCUT2D eigenvalue weighted by molar-refractivity contribution is 9.10. The first-order valence-corrected chi connectivity index (χ1v) is 7.33. The number of rotatable bonds is 3. The number of aromatic nitrogens is 3. The Hall–Kier alpha value is -1.36. The predicted molar refractivity (Wildman–Crippen MR) is 76.2 cm³/mol. The molecule has 0 aliphatic carbocycles. The van der Waals surface area contributed by atoms with Crippen molar-refractivity contribution >= 4 is 15.9 Å². The average Bonchev–Trinajstić information content (AvgIpc) is 2.83. The van der Waals surface area contributed by atoms with Gasteiger partial charge in [0.15, 0.2) is 5.82 Å². The van der Waals surface area contributed by atoms with Gasteiger partial charge in [0.2, 0.25) is 0 Å². The number of ether oxygens (including phenoxy) is 1. The van der Waals surface area contributed by atoms with Crippen LogP contribution >= 0.6 is 15.9 Å². The van der Waals surface area contributed by atoms with E-state index in [-0.39, 0.29) is 0 Å². The zero-order chi connectivity index (χ0) is 13.2. The number of fused-ring (bicyclic) bond motifs is 1. The largest absolute Gasteiger partial charge is 0.486 e. The lowest BCUT2D eigenvalue weighted by Gasteiger charge is -2.15. The summed E-state index contributed by atoms with van der Waals surface area (Å²) in [5, 5.41) is 8.46. The van der Waals surface area contributed by atoms with E-state index in [1.54, 1.807) is 0 Å². The molecule has 2 heterocycles. The summed E-state index contributed by atoms with van der Waals surface area (Å²) < 4.78 is 9.09. The van der Waals surface area contributed by atoms with Gasteiger partial charge in [-0.2, -0.15) is 0 Å². The van der Waals surface area contributed by atoms with Crippen molar-refractivity contribution in [3.63, 3.8) is 0 Å². The van der Waals surface area contributed by atoms with Crippen molar-refractivity contribution in [3.8, 4) is 5.75 Å². The van der Waals surface area contributed by atoms with E-state index >= 15 is 0 Å². The minimum atomic E-state index is 0.480. The number of hydrogen-bond donors (Lipinski definition) is 0. The Morgan fingerprint density at radius 1 is 1.32 bits per heavy atom. The molecule has 100 valence electrons. The van der Waals surface area contributed by atoms with Gasteiger partial charge in [-0.05, 0) is 43.5 Å². The van der Waals surface area contributed by atoms with Gasteiger partial charge < -0.3 is 9.30 Å². The maximum Gasteiger partial charge on any atom is 0.171 e. The summed E-state index contributed by atoms with van der Waals surface area (Å²) in [7, 11) is 0. The number of halogens is 1. The van der Waals surface area contributed by atoms with E-state index in [1.165, 1.54) is 18.4 Å². The fraction of sp³-hybridized carbons (Fsp3) is 0.429. The maximum atomic E-state index is 5.81. The Balaban J connectivity index is 1.72. The number of hydrogen-bond acceptors (Lipinski definition) is 3. The molecule has 0 atom stereocenters. The van der Waals surface area contributed by atoms with E-state index < -0.39 is 0 Å². The normalized spacial score (nSPS) is 14.2. The Kier molecular flexibility index (Phi) is 3.55. The SMILES string of the molecule is Cc1cc(OCc2nnc3n2CCCC3)ccc1Br. The van der Waals surface area contributed by atoms with Gasteiger partial charge in [0.05, 0.1) is 0 Å². The third kappa shape index (κ3) is 2.66. The second-order valence-corrected chi connectivity index (χ2v) is 5.70. The van der Waals surface area contributed by atoms with E-state index in [0.29, 0.717) is 6.61 Å². The summed E-state index contributed by atoms with van der Waals surface area (Å²) in [6.07, 6.45) is 3.45. The van der Waals surface area contributed by atoms with Gasteiger partial charge in [-0.1, -0.05) is 15.9 Å². The molecule has 1 aromatic carbocycles. The van der Waals surface area contributed by atoms with Crippen molar-refractivity contribution in [2.75, 3.05) is 0 Å². The Morgan fingerprint density at radius 3 is 3.05 bits per heavy atom. The van der Waals surface area contributed by atoms with Crippen LogP contribution in [0.2, 0.25) is 0 Å². The summed E-state index contributed by atoms with van der Waals surface area (Å²) >= 11 is 3.49. The minimum Gasteiger partial charge on any atom is -0.486 e. The molecule has 2 aromatic rings. The van der Waals surface area contributed by atoms with E-state index in [0.717, 1.165) is 34.8 Å². The first-order valence-electron chi connectivity index (χ1n) is 6.54. The van der Waals surface area contributed by atoms with Crippen molar-refractivity contribution in [1.29, 1.82) is 0 Å². The molecule has 5 heteroatoms. The smallest absolute Gasteiger partial charge is 0.171 e. The first kappa shape index (κ1) is 12.7. The molecule has 0 amide bonds.